The van der Waals surface area contributed by atoms with Gasteiger partial charge in [-0.2, -0.15) is 4.79 Å². The zero-order valence-corrected chi connectivity index (χ0v) is 11.4. The first-order valence-electron chi connectivity index (χ1n) is 5.85. The van der Waals surface area contributed by atoms with Gasteiger partial charge in [-0.3, -0.25) is 4.79 Å². The molecule has 7 nitrogen and oxygen atoms in total. The maximum absolute atomic E-state index is 11.9. The van der Waals surface area contributed by atoms with Gasteiger partial charge < -0.3 is 19.7 Å². The van der Waals surface area contributed by atoms with E-state index in [1.165, 1.54) is 19.1 Å². The van der Waals surface area contributed by atoms with Gasteiger partial charge >= 0.3 is 11.7 Å². The molecule has 1 heterocycles. The lowest BCUT2D eigenvalue weighted by Crippen LogP contribution is -2.36. The van der Waals surface area contributed by atoms with Gasteiger partial charge in [-0.1, -0.05) is 12.2 Å². The lowest BCUT2D eigenvalue weighted by Gasteiger charge is -2.20. The molecule has 108 valence electrons. The van der Waals surface area contributed by atoms with Crippen LogP contribution in [0.5, 0.6) is 0 Å². The van der Waals surface area contributed by atoms with E-state index in [0.717, 1.165) is 7.11 Å². The molecular weight excluding hydrogens is 264 g/mol. The largest absolute Gasteiger partial charge is 0.460 e. The third kappa shape index (κ3) is 3.27. The number of carbonyl (C=O) groups excluding carboxylic acids is 2. The molecule has 0 aromatic heterocycles. The van der Waals surface area contributed by atoms with E-state index in [0.29, 0.717) is 0 Å². The summed E-state index contributed by atoms with van der Waals surface area (Å²) in [5.41, 5.74) is 7.99. The molecule has 1 saturated heterocycles. The lowest BCUT2D eigenvalue weighted by molar-refractivity contribution is -0.165. The third-order valence-corrected chi connectivity index (χ3v) is 2.78. The number of esters is 1. The number of ketones is 1. The summed E-state index contributed by atoms with van der Waals surface area (Å²) in [6.07, 6.45) is 1.86. The van der Waals surface area contributed by atoms with Crippen molar-refractivity contribution in [2.45, 2.75) is 31.3 Å². The Hall–Kier alpha value is -2.08. The second kappa shape index (κ2) is 6.38. The number of hydrogen-bond acceptors (Lipinski definition) is 5. The van der Waals surface area contributed by atoms with Gasteiger partial charge in [0.25, 0.3) is 5.78 Å². The van der Waals surface area contributed by atoms with E-state index in [1.54, 1.807) is 0 Å². The Morgan fingerprint density at radius 2 is 1.85 bits per heavy atom. The van der Waals surface area contributed by atoms with E-state index >= 15 is 0 Å². The van der Waals surface area contributed by atoms with Crippen molar-refractivity contribution in [1.29, 1.82) is 0 Å². The van der Waals surface area contributed by atoms with E-state index in [2.05, 4.69) is 22.7 Å². The predicted octanol–water partition coefficient (Wildman–Crippen LogP) is 0.662. The SMILES string of the molecule is C=C[C@@H]1OC(C)(CC(=O)C(=[N+]=[N-])C(=O)OC)O[C@H]1C=C. The molecule has 0 unspecified atom stereocenters. The zero-order valence-electron chi connectivity index (χ0n) is 11.4. The van der Waals surface area contributed by atoms with Crippen molar-refractivity contribution in [2.24, 2.45) is 0 Å². The minimum absolute atomic E-state index is 0.309. The summed E-state index contributed by atoms with van der Waals surface area (Å²) in [6, 6.07) is 0. The molecule has 0 aromatic rings. The average molecular weight is 280 g/mol. The molecule has 20 heavy (non-hydrogen) atoms. The van der Waals surface area contributed by atoms with Crippen LogP contribution in [-0.2, 0) is 23.8 Å². The summed E-state index contributed by atoms with van der Waals surface area (Å²) in [4.78, 5) is 25.8. The Kier molecular flexibility index (Phi) is 5.10. The standard InChI is InChI=1S/C13H16N2O5/c1-5-9-10(6-2)20-13(3,19-9)7-8(16)11(15-14)12(17)18-4/h5-6,9-10H,1-2,7H2,3-4H3/t9-,10-/m0/s1. The summed E-state index contributed by atoms with van der Waals surface area (Å²) in [7, 11) is 1.08. The van der Waals surface area contributed by atoms with Gasteiger partial charge in [-0.25, -0.2) is 4.79 Å². The Labute approximate surface area is 116 Å². The van der Waals surface area contributed by atoms with Crippen LogP contribution in [0, 0.1) is 0 Å². The summed E-state index contributed by atoms with van der Waals surface area (Å²) < 4.78 is 15.5. The molecule has 0 N–H and O–H groups in total. The molecule has 0 aliphatic carbocycles. The molecule has 7 heteroatoms. The monoisotopic (exact) mass is 280 g/mol. The van der Waals surface area contributed by atoms with Crippen molar-refractivity contribution >= 4 is 17.5 Å². The Morgan fingerprint density at radius 1 is 1.35 bits per heavy atom. The number of rotatable bonds is 6. The molecule has 0 radical (unpaired) electrons. The average Bonchev–Trinajstić information content (AvgIpc) is 2.75. The fourth-order valence-electron chi connectivity index (χ4n) is 1.87. The minimum atomic E-state index is -1.27. The molecule has 1 aliphatic heterocycles. The fourth-order valence-corrected chi connectivity index (χ4v) is 1.87. The van der Waals surface area contributed by atoms with E-state index in [9.17, 15) is 9.59 Å². The number of methoxy groups -OCH3 is 1. The second-order valence-corrected chi connectivity index (χ2v) is 4.31. The number of ether oxygens (including phenoxy) is 3. The lowest BCUT2D eigenvalue weighted by atomic mass is 10.1. The van der Waals surface area contributed by atoms with Crippen LogP contribution < -0.4 is 0 Å². The maximum Gasteiger partial charge on any atom is 0.441 e. The van der Waals surface area contributed by atoms with Crippen LogP contribution in [-0.4, -0.2) is 47.4 Å². The molecule has 1 fully saturated rings. The highest BCUT2D eigenvalue weighted by Gasteiger charge is 2.46. The first kappa shape index (κ1) is 16.0. The molecule has 1 aliphatic rings. The molecule has 0 bridgehead atoms. The highest BCUT2D eigenvalue weighted by atomic mass is 16.8. The van der Waals surface area contributed by atoms with Gasteiger partial charge in [-0.05, 0) is 6.92 Å². The summed E-state index contributed by atoms with van der Waals surface area (Å²) in [5, 5.41) is 0. The Bertz CT molecular complexity index is 477. The van der Waals surface area contributed by atoms with E-state index in [-0.39, 0.29) is 6.42 Å². The molecule has 1 rings (SSSR count). The molecular formula is C13H16N2O5. The van der Waals surface area contributed by atoms with Crippen LogP contribution in [0.4, 0.5) is 0 Å². The van der Waals surface area contributed by atoms with Crippen molar-refractivity contribution in [3.05, 3.63) is 30.8 Å². The Morgan fingerprint density at radius 3 is 2.20 bits per heavy atom. The number of hydrogen-bond donors (Lipinski definition) is 0. The van der Waals surface area contributed by atoms with Gasteiger partial charge in [0.15, 0.2) is 5.79 Å². The first-order chi connectivity index (χ1) is 9.40. The summed E-state index contributed by atoms with van der Waals surface area (Å²) in [6.45, 7) is 8.74. The van der Waals surface area contributed by atoms with Gasteiger partial charge in [0.1, 0.15) is 12.2 Å². The van der Waals surface area contributed by atoms with E-state index in [1.807, 2.05) is 0 Å². The zero-order chi connectivity index (χ0) is 15.3. The van der Waals surface area contributed by atoms with Crippen LogP contribution in [0.25, 0.3) is 5.53 Å². The van der Waals surface area contributed by atoms with Gasteiger partial charge in [0.2, 0.25) is 0 Å². The first-order valence-corrected chi connectivity index (χ1v) is 5.85. The predicted molar refractivity (Wildman–Crippen MR) is 68.8 cm³/mol. The molecule has 0 aromatic carbocycles. The molecule has 0 saturated carbocycles. The molecule has 0 amide bonds. The van der Waals surface area contributed by atoms with E-state index < -0.39 is 35.5 Å². The fraction of sp³-hybridized carbons (Fsp3) is 0.462. The van der Waals surface area contributed by atoms with Crippen molar-refractivity contribution in [3.63, 3.8) is 0 Å². The number of carbonyl (C=O) groups is 2. The Balaban J connectivity index is 2.85. The van der Waals surface area contributed by atoms with Crippen LogP contribution in [0.15, 0.2) is 25.3 Å². The number of nitrogens with zero attached hydrogens (tertiary/aromatic N) is 2. The van der Waals surface area contributed by atoms with Crippen LogP contribution >= 0.6 is 0 Å². The van der Waals surface area contributed by atoms with Gasteiger partial charge in [-0.15, -0.1) is 13.2 Å². The summed E-state index contributed by atoms with van der Waals surface area (Å²) in [5.74, 6) is -3.05. The summed E-state index contributed by atoms with van der Waals surface area (Å²) >= 11 is 0. The third-order valence-electron chi connectivity index (χ3n) is 2.78. The van der Waals surface area contributed by atoms with E-state index in [4.69, 9.17) is 15.0 Å². The smallest absolute Gasteiger partial charge is 0.441 e. The van der Waals surface area contributed by atoms with Crippen molar-refractivity contribution in [3.8, 4) is 0 Å². The van der Waals surface area contributed by atoms with Crippen molar-refractivity contribution in [2.75, 3.05) is 7.11 Å². The van der Waals surface area contributed by atoms with Crippen LogP contribution in [0.1, 0.15) is 13.3 Å². The number of Topliss-reactive ketones (excluding diaryl/α,β-unsaturated/α-hetero) is 1. The van der Waals surface area contributed by atoms with Gasteiger partial charge in [0, 0.05) is 0 Å². The highest BCUT2D eigenvalue weighted by Crippen LogP contribution is 2.32. The van der Waals surface area contributed by atoms with Crippen molar-refractivity contribution < 1.29 is 28.6 Å². The molecule has 0 spiro atoms. The normalized spacial score (nSPS) is 23.5. The highest BCUT2D eigenvalue weighted by molar-refractivity contribution is 6.62. The minimum Gasteiger partial charge on any atom is -0.460 e. The maximum atomic E-state index is 11.9. The van der Waals surface area contributed by atoms with Crippen molar-refractivity contribution in [1.82, 2.24) is 0 Å². The topological polar surface area (TPSA) is 98.2 Å². The van der Waals surface area contributed by atoms with Crippen LogP contribution in [0.2, 0.25) is 0 Å². The van der Waals surface area contributed by atoms with Crippen LogP contribution in [0.3, 0.4) is 0 Å². The second-order valence-electron chi connectivity index (χ2n) is 4.31. The van der Waals surface area contributed by atoms with Gasteiger partial charge in [0.05, 0.1) is 13.5 Å². The molecule has 2 atom stereocenters. The quantitative estimate of drug-likeness (QED) is 0.178.